The first kappa shape index (κ1) is 19.9. The topological polar surface area (TPSA) is 76.0 Å². The lowest BCUT2D eigenvalue weighted by Gasteiger charge is -2.22. The molecule has 0 spiro atoms. The molecular formula is C19H21F3N4O2. The number of rotatable bonds is 3. The molecule has 2 amide bonds. The summed E-state index contributed by atoms with van der Waals surface area (Å²) in [5.41, 5.74) is -0.453. The van der Waals surface area contributed by atoms with E-state index in [1.807, 2.05) is 20.8 Å². The molecule has 2 N–H and O–H groups in total. The number of imidazole rings is 1. The van der Waals surface area contributed by atoms with E-state index in [1.165, 1.54) is 0 Å². The maximum absolute atomic E-state index is 13.9. The molecule has 0 saturated heterocycles. The third-order valence-electron chi connectivity index (χ3n) is 4.31. The van der Waals surface area contributed by atoms with Gasteiger partial charge in [-0.1, -0.05) is 0 Å². The van der Waals surface area contributed by atoms with Crippen molar-refractivity contribution in [1.29, 1.82) is 0 Å². The van der Waals surface area contributed by atoms with E-state index in [0.717, 1.165) is 25.0 Å². The molecule has 0 unspecified atom stereocenters. The number of hydrogen-bond donors (Lipinski definition) is 2. The fraction of sp³-hybridized carbons (Fsp3) is 0.421. The maximum Gasteiger partial charge on any atom is 0.287 e. The van der Waals surface area contributed by atoms with E-state index in [4.69, 9.17) is 0 Å². The zero-order valence-electron chi connectivity index (χ0n) is 15.8. The van der Waals surface area contributed by atoms with Crippen molar-refractivity contribution in [3.05, 3.63) is 46.8 Å². The summed E-state index contributed by atoms with van der Waals surface area (Å²) in [6.07, 6.45) is 2.17. The third-order valence-corrected chi connectivity index (χ3v) is 4.31. The first-order valence-electron chi connectivity index (χ1n) is 8.95. The van der Waals surface area contributed by atoms with Gasteiger partial charge >= 0.3 is 0 Å². The Morgan fingerprint density at radius 1 is 1.07 bits per heavy atom. The molecule has 1 aliphatic rings. The second kappa shape index (κ2) is 7.29. The zero-order chi connectivity index (χ0) is 20.6. The molecule has 2 heterocycles. The summed E-state index contributed by atoms with van der Waals surface area (Å²) in [4.78, 5) is 29.4. The lowest BCUT2D eigenvalue weighted by Crippen LogP contribution is -2.42. The molecule has 0 aliphatic carbocycles. The number of carbonyl (C=O) groups is 2. The quantitative estimate of drug-likeness (QED) is 0.784. The van der Waals surface area contributed by atoms with Crippen LogP contribution >= 0.6 is 0 Å². The van der Waals surface area contributed by atoms with Gasteiger partial charge in [-0.05, 0) is 52.2 Å². The Balaban J connectivity index is 1.95. The van der Waals surface area contributed by atoms with E-state index in [-0.39, 0.29) is 11.5 Å². The highest BCUT2D eigenvalue weighted by atomic mass is 19.2. The average Bonchev–Trinajstić information content (AvgIpc) is 3.01. The van der Waals surface area contributed by atoms with Crippen LogP contribution in [0.15, 0.2) is 12.1 Å². The minimum Gasteiger partial charge on any atom is -0.345 e. The Bertz CT molecular complexity index is 948. The Morgan fingerprint density at radius 2 is 1.79 bits per heavy atom. The van der Waals surface area contributed by atoms with E-state index in [9.17, 15) is 22.8 Å². The van der Waals surface area contributed by atoms with E-state index >= 15 is 0 Å². The number of benzene rings is 1. The lowest BCUT2D eigenvalue weighted by atomic mass is 10.1. The Kier molecular flexibility index (Phi) is 5.18. The van der Waals surface area contributed by atoms with Crippen molar-refractivity contribution in [2.45, 2.75) is 52.1 Å². The van der Waals surface area contributed by atoms with Crippen LogP contribution in [0.25, 0.3) is 0 Å². The fourth-order valence-electron chi connectivity index (χ4n) is 3.10. The number of nitrogens with one attached hydrogen (secondary N) is 2. The zero-order valence-corrected chi connectivity index (χ0v) is 15.8. The normalized spacial score (nSPS) is 13.8. The first-order chi connectivity index (χ1) is 13.1. The Labute approximate surface area is 160 Å². The summed E-state index contributed by atoms with van der Waals surface area (Å²) >= 11 is 0. The number of anilines is 1. The van der Waals surface area contributed by atoms with Crippen LogP contribution in [0.4, 0.5) is 18.9 Å². The average molecular weight is 394 g/mol. The molecule has 6 nitrogen and oxygen atoms in total. The smallest absolute Gasteiger partial charge is 0.287 e. The summed E-state index contributed by atoms with van der Waals surface area (Å²) in [7, 11) is 0. The number of aromatic nitrogens is 2. The van der Waals surface area contributed by atoms with Crippen molar-refractivity contribution < 1.29 is 22.8 Å². The molecule has 0 bridgehead atoms. The van der Waals surface area contributed by atoms with Crippen LogP contribution < -0.4 is 10.6 Å². The minimum atomic E-state index is -1.67. The summed E-state index contributed by atoms with van der Waals surface area (Å²) < 4.78 is 42.1. The van der Waals surface area contributed by atoms with Crippen LogP contribution in [0, 0.1) is 17.5 Å². The minimum absolute atomic E-state index is 0.0251. The van der Waals surface area contributed by atoms with Crippen molar-refractivity contribution in [2.24, 2.45) is 0 Å². The SMILES string of the molecule is CC(C)(C)NC(=O)c1nc(C(=O)Nc2ccc(F)c(F)c2F)c2n1CCCC2. The van der Waals surface area contributed by atoms with Crippen LogP contribution in [-0.2, 0) is 13.0 Å². The molecule has 0 fully saturated rings. The number of amides is 2. The summed E-state index contributed by atoms with van der Waals surface area (Å²) in [5, 5.41) is 5.02. The molecule has 0 atom stereocenters. The van der Waals surface area contributed by atoms with Gasteiger partial charge in [0.25, 0.3) is 11.8 Å². The van der Waals surface area contributed by atoms with Crippen LogP contribution in [0.5, 0.6) is 0 Å². The van der Waals surface area contributed by atoms with Gasteiger partial charge in [0.1, 0.15) is 0 Å². The number of nitrogens with zero attached hydrogens (tertiary/aromatic N) is 2. The van der Waals surface area contributed by atoms with Crippen molar-refractivity contribution in [3.63, 3.8) is 0 Å². The van der Waals surface area contributed by atoms with Crippen molar-refractivity contribution >= 4 is 17.5 Å². The van der Waals surface area contributed by atoms with Gasteiger partial charge in [0.05, 0.1) is 11.4 Å². The molecule has 1 aromatic heterocycles. The second-order valence-corrected chi connectivity index (χ2v) is 7.72. The van der Waals surface area contributed by atoms with Gasteiger partial charge < -0.3 is 15.2 Å². The molecule has 1 aromatic carbocycles. The van der Waals surface area contributed by atoms with E-state index < -0.39 is 40.5 Å². The second-order valence-electron chi connectivity index (χ2n) is 7.72. The highest BCUT2D eigenvalue weighted by molar-refractivity contribution is 6.05. The number of hydrogen-bond acceptors (Lipinski definition) is 3. The van der Waals surface area contributed by atoms with Crippen LogP contribution in [0.2, 0.25) is 0 Å². The van der Waals surface area contributed by atoms with Gasteiger partial charge in [0.2, 0.25) is 0 Å². The monoisotopic (exact) mass is 394 g/mol. The molecule has 0 radical (unpaired) electrons. The van der Waals surface area contributed by atoms with Crippen molar-refractivity contribution in [3.8, 4) is 0 Å². The Morgan fingerprint density at radius 3 is 2.46 bits per heavy atom. The number of carbonyl (C=O) groups excluding carboxylic acids is 2. The Hall–Kier alpha value is -2.84. The molecule has 0 saturated carbocycles. The van der Waals surface area contributed by atoms with Crippen LogP contribution in [0.3, 0.4) is 0 Å². The van der Waals surface area contributed by atoms with Gasteiger partial charge in [0.15, 0.2) is 29.0 Å². The van der Waals surface area contributed by atoms with Gasteiger partial charge in [-0.25, -0.2) is 18.2 Å². The van der Waals surface area contributed by atoms with Gasteiger partial charge in [0, 0.05) is 12.1 Å². The standard InChI is InChI=1S/C19H21F3N4O2/c1-19(2,3)25-18(28)16-24-15(12-6-4-5-9-26(12)16)17(27)23-11-8-7-10(20)13(21)14(11)22/h7-8H,4-6,9H2,1-3H3,(H,23,27)(H,25,28). The van der Waals surface area contributed by atoms with Gasteiger partial charge in [-0.15, -0.1) is 0 Å². The molecular weight excluding hydrogens is 373 g/mol. The third kappa shape index (κ3) is 3.88. The molecule has 150 valence electrons. The van der Waals surface area contributed by atoms with Crippen molar-refractivity contribution in [2.75, 3.05) is 5.32 Å². The van der Waals surface area contributed by atoms with Crippen LogP contribution in [0.1, 0.15) is 60.4 Å². The number of fused-ring (bicyclic) bond motifs is 1. The molecule has 9 heteroatoms. The highest BCUT2D eigenvalue weighted by Gasteiger charge is 2.29. The van der Waals surface area contributed by atoms with Crippen molar-refractivity contribution in [1.82, 2.24) is 14.9 Å². The predicted molar refractivity (Wildman–Crippen MR) is 96.7 cm³/mol. The van der Waals surface area contributed by atoms with E-state index in [1.54, 1.807) is 4.57 Å². The van der Waals surface area contributed by atoms with Gasteiger partial charge in [-0.2, -0.15) is 0 Å². The van der Waals surface area contributed by atoms with Gasteiger partial charge in [-0.3, -0.25) is 9.59 Å². The first-order valence-corrected chi connectivity index (χ1v) is 8.95. The number of halogens is 3. The van der Waals surface area contributed by atoms with E-state index in [2.05, 4.69) is 15.6 Å². The summed E-state index contributed by atoms with van der Waals surface area (Å²) in [5.74, 6) is -5.63. The van der Waals surface area contributed by atoms with Crippen LogP contribution in [-0.4, -0.2) is 26.9 Å². The maximum atomic E-state index is 13.9. The predicted octanol–water partition coefficient (Wildman–Crippen LogP) is 3.42. The molecule has 28 heavy (non-hydrogen) atoms. The fourth-order valence-corrected chi connectivity index (χ4v) is 3.10. The molecule has 1 aliphatic heterocycles. The molecule has 3 rings (SSSR count). The van der Waals surface area contributed by atoms with E-state index in [0.29, 0.717) is 18.7 Å². The summed E-state index contributed by atoms with van der Waals surface area (Å²) in [6, 6.07) is 1.65. The highest BCUT2D eigenvalue weighted by Crippen LogP contribution is 2.24. The lowest BCUT2D eigenvalue weighted by molar-refractivity contribution is 0.0903. The largest absolute Gasteiger partial charge is 0.345 e. The molecule has 2 aromatic rings. The summed E-state index contributed by atoms with van der Waals surface area (Å²) in [6.45, 7) is 6.00.